The van der Waals surface area contributed by atoms with E-state index in [2.05, 4.69) is 16.6 Å². The molecule has 0 aliphatic rings. The standard InChI is InChI=1S/C6H10O2.C2H7N.H3N/c1-4-8-6(7)5(2)3;1-3-2;/h2,4H2,1,3H3;3H,1-2H3;1H3. The first kappa shape index (κ1) is 17.3. The normalized spacial score (nSPS) is 7.00. The second-order valence-electron chi connectivity index (χ2n) is 2.00. The van der Waals surface area contributed by atoms with E-state index in [0.29, 0.717) is 12.2 Å². The number of hydrogen-bond donors (Lipinski definition) is 2. The third-order valence-electron chi connectivity index (χ3n) is 0.624. The quantitative estimate of drug-likeness (QED) is 0.488. The lowest BCUT2D eigenvalue weighted by Crippen LogP contribution is -2.03. The molecule has 0 aromatic rings. The monoisotopic (exact) mass is 176 g/mol. The van der Waals surface area contributed by atoms with E-state index < -0.39 is 0 Å². The van der Waals surface area contributed by atoms with E-state index in [1.807, 2.05) is 14.1 Å². The van der Waals surface area contributed by atoms with E-state index in [4.69, 9.17) is 0 Å². The zero-order valence-corrected chi connectivity index (χ0v) is 8.44. The van der Waals surface area contributed by atoms with Crippen LogP contribution in [0.25, 0.3) is 0 Å². The van der Waals surface area contributed by atoms with Gasteiger partial charge in [-0.05, 0) is 27.9 Å². The van der Waals surface area contributed by atoms with E-state index in [1.165, 1.54) is 0 Å². The van der Waals surface area contributed by atoms with Gasteiger partial charge in [0, 0.05) is 5.57 Å². The van der Waals surface area contributed by atoms with Gasteiger partial charge in [-0.15, -0.1) is 0 Å². The fraction of sp³-hybridized carbons (Fsp3) is 0.625. The Kier molecular flexibility index (Phi) is 18.4. The van der Waals surface area contributed by atoms with Crippen molar-refractivity contribution >= 4 is 5.97 Å². The summed E-state index contributed by atoms with van der Waals surface area (Å²) in [6, 6.07) is 0. The Labute approximate surface area is 74.6 Å². The molecule has 0 rings (SSSR count). The zero-order valence-electron chi connectivity index (χ0n) is 8.44. The number of esters is 1. The summed E-state index contributed by atoms with van der Waals surface area (Å²) in [6.45, 7) is 7.21. The van der Waals surface area contributed by atoms with Crippen LogP contribution in [0.2, 0.25) is 0 Å². The van der Waals surface area contributed by atoms with Crippen LogP contribution in [-0.4, -0.2) is 26.7 Å². The number of ether oxygens (including phenoxy) is 1. The van der Waals surface area contributed by atoms with Crippen molar-refractivity contribution in [1.82, 2.24) is 11.5 Å². The maximum Gasteiger partial charge on any atom is 0.333 e. The predicted octanol–water partition coefficient (Wildman–Crippen LogP) is 1.12. The Balaban J connectivity index is -0.000000177. The minimum absolute atomic E-state index is 0. The van der Waals surface area contributed by atoms with E-state index >= 15 is 0 Å². The predicted molar refractivity (Wildman–Crippen MR) is 51.5 cm³/mol. The van der Waals surface area contributed by atoms with Crippen molar-refractivity contribution in [1.29, 1.82) is 0 Å². The number of carbonyl (C=O) groups excluding carboxylic acids is 1. The van der Waals surface area contributed by atoms with Gasteiger partial charge in [-0.25, -0.2) is 4.79 Å². The first-order chi connectivity index (χ1) is 5.09. The maximum absolute atomic E-state index is 10.4. The third-order valence-corrected chi connectivity index (χ3v) is 0.624. The number of rotatable bonds is 2. The van der Waals surface area contributed by atoms with Gasteiger partial charge >= 0.3 is 5.97 Å². The summed E-state index contributed by atoms with van der Waals surface area (Å²) >= 11 is 0. The highest BCUT2D eigenvalue weighted by molar-refractivity contribution is 5.86. The van der Waals surface area contributed by atoms with Gasteiger partial charge in [-0.2, -0.15) is 0 Å². The summed E-state index contributed by atoms with van der Waals surface area (Å²) in [4.78, 5) is 10.4. The molecule has 0 saturated heterocycles. The Hall–Kier alpha value is -0.870. The van der Waals surface area contributed by atoms with E-state index in [1.54, 1.807) is 13.8 Å². The third kappa shape index (κ3) is 16.1. The molecule has 0 aliphatic carbocycles. The highest BCUT2D eigenvalue weighted by Crippen LogP contribution is 1.89. The topological polar surface area (TPSA) is 73.3 Å². The van der Waals surface area contributed by atoms with Crippen LogP contribution >= 0.6 is 0 Å². The van der Waals surface area contributed by atoms with Crippen molar-refractivity contribution in [2.24, 2.45) is 0 Å². The first-order valence-electron chi connectivity index (χ1n) is 3.51. The smallest absolute Gasteiger partial charge is 0.333 e. The highest BCUT2D eigenvalue weighted by atomic mass is 16.5. The zero-order chi connectivity index (χ0) is 9.28. The van der Waals surface area contributed by atoms with Crippen molar-refractivity contribution in [3.8, 4) is 0 Å². The minimum atomic E-state index is -0.312. The molecule has 0 saturated carbocycles. The number of nitrogens with one attached hydrogen (secondary N) is 1. The second-order valence-corrected chi connectivity index (χ2v) is 2.00. The van der Waals surface area contributed by atoms with Crippen LogP contribution in [0.1, 0.15) is 13.8 Å². The minimum Gasteiger partial charge on any atom is -0.463 e. The molecule has 0 heterocycles. The van der Waals surface area contributed by atoms with Gasteiger partial charge in [0.1, 0.15) is 0 Å². The number of carbonyl (C=O) groups is 1. The summed E-state index contributed by atoms with van der Waals surface area (Å²) in [6.07, 6.45) is 0. The van der Waals surface area contributed by atoms with Crippen molar-refractivity contribution in [2.75, 3.05) is 20.7 Å². The Morgan fingerprint density at radius 2 is 1.83 bits per heavy atom. The van der Waals surface area contributed by atoms with Crippen LogP contribution in [-0.2, 0) is 9.53 Å². The van der Waals surface area contributed by atoms with Crippen molar-refractivity contribution < 1.29 is 9.53 Å². The lowest BCUT2D eigenvalue weighted by molar-refractivity contribution is -0.138. The van der Waals surface area contributed by atoms with Gasteiger partial charge in [-0.3, -0.25) is 0 Å². The summed E-state index contributed by atoms with van der Waals surface area (Å²) < 4.78 is 4.56. The molecule has 0 fully saturated rings. The van der Waals surface area contributed by atoms with Crippen molar-refractivity contribution in [3.05, 3.63) is 12.2 Å². The van der Waals surface area contributed by atoms with Crippen LogP contribution in [0.5, 0.6) is 0 Å². The molecule has 0 radical (unpaired) electrons. The van der Waals surface area contributed by atoms with E-state index in [-0.39, 0.29) is 12.1 Å². The number of hydrogen-bond acceptors (Lipinski definition) is 4. The molecular weight excluding hydrogens is 156 g/mol. The largest absolute Gasteiger partial charge is 0.463 e. The fourth-order valence-corrected chi connectivity index (χ4v) is 0.254. The molecule has 0 bridgehead atoms. The summed E-state index contributed by atoms with van der Waals surface area (Å²) in [5.74, 6) is -0.312. The molecule has 4 heteroatoms. The fourth-order valence-electron chi connectivity index (χ4n) is 0.254. The lowest BCUT2D eigenvalue weighted by atomic mass is 10.4. The van der Waals surface area contributed by atoms with Gasteiger partial charge in [0.05, 0.1) is 6.61 Å². The average molecular weight is 176 g/mol. The Bertz CT molecular complexity index is 124. The van der Waals surface area contributed by atoms with Crippen molar-refractivity contribution in [3.63, 3.8) is 0 Å². The molecule has 74 valence electrons. The Morgan fingerprint density at radius 3 is 1.92 bits per heavy atom. The molecular formula is C8H20N2O2. The maximum atomic E-state index is 10.4. The SMILES string of the molecule is C=C(C)C(=O)OCC.CNC.N. The molecule has 4 N–H and O–H groups in total. The molecule has 0 amide bonds. The van der Waals surface area contributed by atoms with Crippen LogP contribution in [0.3, 0.4) is 0 Å². The molecule has 12 heavy (non-hydrogen) atoms. The van der Waals surface area contributed by atoms with Crippen molar-refractivity contribution in [2.45, 2.75) is 13.8 Å². The van der Waals surface area contributed by atoms with Gasteiger partial charge in [0.2, 0.25) is 0 Å². The molecule has 0 aliphatic heterocycles. The Morgan fingerprint density at radius 1 is 1.50 bits per heavy atom. The molecule has 0 unspecified atom stereocenters. The van der Waals surface area contributed by atoms with Crippen LogP contribution < -0.4 is 11.5 Å². The van der Waals surface area contributed by atoms with Gasteiger partial charge in [-0.1, -0.05) is 6.58 Å². The highest BCUT2D eigenvalue weighted by Gasteiger charge is 1.98. The molecule has 0 atom stereocenters. The van der Waals surface area contributed by atoms with E-state index in [0.717, 1.165) is 0 Å². The molecule has 0 spiro atoms. The molecule has 0 aromatic carbocycles. The van der Waals surface area contributed by atoms with Gasteiger partial charge in [0.15, 0.2) is 0 Å². The summed E-state index contributed by atoms with van der Waals surface area (Å²) in [5.41, 5.74) is 0.451. The lowest BCUT2D eigenvalue weighted by Gasteiger charge is -1.96. The van der Waals surface area contributed by atoms with E-state index in [9.17, 15) is 4.79 Å². The van der Waals surface area contributed by atoms with Crippen LogP contribution in [0, 0.1) is 0 Å². The van der Waals surface area contributed by atoms with Crippen LogP contribution in [0.4, 0.5) is 0 Å². The van der Waals surface area contributed by atoms with Gasteiger partial charge < -0.3 is 16.2 Å². The average Bonchev–Trinajstić information content (AvgIpc) is 1.90. The summed E-state index contributed by atoms with van der Waals surface area (Å²) in [7, 11) is 3.75. The molecule has 0 aromatic heterocycles. The van der Waals surface area contributed by atoms with Crippen LogP contribution in [0.15, 0.2) is 12.2 Å². The molecule has 4 nitrogen and oxygen atoms in total. The second kappa shape index (κ2) is 12.8. The van der Waals surface area contributed by atoms with Gasteiger partial charge in [0.25, 0.3) is 0 Å². The first-order valence-corrected chi connectivity index (χ1v) is 3.51. The summed E-state index contributed by atoms with van der Waals surface area (Å²) in [5, 5.41) is 2.75.